The third-order valence-corrected chi connectivity index (χ3v) is 4.27. The minimum atomic E-state index is -0.890. The molecule has 0 aliphatic rings. The average Bonchev–Trinajstić information content (AvgIpc) is 2.98. The van der Waals surface area contributed by atoms with Gasteiger partial charge in [-0.1, -0.05) is 12.1 Å². The van der Waals surface area contributed by atoms with E-state index in [1.54, 1.807) is 13.3 Å². The number of likely N-dealkylation sites (N-methyl/N-ethyl adjacent to an activating group) is 1. The van der Waals surface area contributed by atoms with Gasteiger partial charge in [0.15, 0.2) is 6.10 Å². The summed E-state index contributed by atoms with van der Waals surface area (Å²) in [6.07, 6.45) is 0.945. The van der Waals surface area contributed by atoms with Gasteiger partial charge in [0.2, 0.25) is 0 Å². The van der Waals surface area contributed by atoms with Crippen LogP contribution >= 0.6 is 0 Å². The molecule has 0 fully saturated rings. The van der Waals surface area contributed by atoms with Crippen molar-refractivity contribution in [2.45, 2.75) is 39.7 Å². The zero-order valence-corrected chi connectivity index (χ0v) is 15.0. The first-order valence-electron chi connectivity index (χ1n) is 8.12. The molecule has 6 heteroatoms. The molecule has 0 aliphatic carbocycles. The zero-order valence-electron chi connectivity index (χ0n) is 15.0. The number of nitrogens with zero attached hydrogens (tertiary/aromatic N) is 2. The van der Waals surface area contributed by atoms with Gasteiger partial charge in [0.25, 0.3) is 5.91 Å². The number of hydrogen-bond donors (Lipinski definition) is 0. The number of benzene rings is 1. The maximum atomic E-state index is 12.2. The molecule has 1 aromatic carbocycles. The van der Waals surface area contributed by atoms with Crippen LogP contribution < -0.4 is 0 Å². The molecule has 1 atom stereocenters. The Bertz CT molecular complexity index is 832. The van der Waals surface area contributed by atoms with Crippen LogP contribution in [0.4, 0.5) is 0 Å². The van der Waals surface area contributed by atoms with Gasteiger partial charge in [-0.2, -0.15) is 5.26 Å². The second kappa shape index (κ2) is 7.84. The van der Waals surface area contributed by atoms with E-state index in [9.17, 15) is 9.59 Å². The van der Waals surface area contributed by atoms with Crippen LogP contribution in [0, 0.1) is 25.2 Å². The predicted octanol–water partition coefficient (Wildman–Crippen LogP) is 2.90. The van der Waals surface area contributed by atoms with Gasteiger partial charge < -0.3 is 14.1 Å². The van der Waals surface area contributed by atoms with Gasteiger partial charge in [0.1, 0.15) is 5.58 Å². The quantitative estimate of drug-likeness (QED) is 0.754. The smallest absolute Gasteiger partial charge is 0.311 e. The van der Waals surface area contributed by atoms with Gasteiger partial charge in [-0.15, -0.1) is 0 Å². The molecule has 6 nitrogen and oxygen atoms in total. The number of fused-ring (bicyclic) bond motifs is 1. The second-order valence-electron chi connectivity index (χ2n) is 6.12. The van der Waals surface area contributed by atoms with Crippen molar-refractivity contribution in [3.63, 3.8) is 0 Å². The first kappa shape index (κ1) is 18.5. The Morgan fingerprint density at radius 1 is 1.36 bits per heavy atom. The van der Waals surface area contributed by atoms with Crippen molar-refractivity contribution in [3.05, 3.63) is 35.1 Å². The van der Waals surface area contributed by atoms with E-state index in [0.717, 1.165) is 27.7 Å². The number of esters is 1. The van der Waals surface area contributed by atoms with E-state index in [2.05, 4.69) is 0 Å². The molecular formula is C19H22N2O4. The van der Waals surface area contributed by atoms with Crippen LogP contribution in [0.5, 0.6) is 0 Å². The lowest BCUT2D eigenvalue weighted by Gasteiger charge is -2.20. The summed E-state index contributed by atoms with van der Waals surface area (Å²) >= 11 is 0. The summed E-state index contributed by atoms with van der Waals surface area (Å²) in [4.78, 5) is 25.7. The first-order chi connectivity index (χ1) is 11.8. The normalized spacial score (nSPS) is 11.8. The third-order valence-electron chi connectivity index (χ3n) is 4.27. The summed E-state index contributed by atoms with van der Waals surface area (Å²) in [5, 5.41) is 9.45. The first-order valence-corrected chi connectivity index (χ1v) is 8.12. The van der Waals surface area contributed by atoms with Crippen molar-refractivity contribution < 1.29 is 18.7 Å². The Balaban J connectivity index is 2.02. The standard InChI is InChI=1S/C19H22N2O4/c1-12-6-7-16-15(11-24-18(16)13(12)2)10-17(22)25-14(3)19(23)21(4)9-5-8-20/h6-7,11,14H,5,9-10H2,1-4H3/t14-/m1/s1. The molecule has 2 aromatic rings. The number of carbonyl (C=O) groups excluding carboxylic acids is 2. The van der Waals surface area contributed by atoms with Gasteiger partial charge in [-0.05, 0) is 31.9 Å². The summed E-state index contributed by atoms with van der Waals surface area (Å²) in [6.45, 7) is 5.81. The van der Waals surface area contributed by atoms with Crippen LogP contribution in [0.2, 0.25) is 0 Å². The molecule has 1 aromatic heterocycles. The zero-order chi connectivity index (χ0) is 18.6. The largest absolute Gasteiger partial charge is 0.464 e. The van der Waals surface area contributed by atoms with Crippen molar-refractivity contribution in [2.75, 3.05) is 13.6 Å². The molecule has 0 bridgehead atoms. The molecule has 1 heterocycles. The molecule has 0 radical (unpaired) electrons. The highest BCUT2D eigenvalue weighted by Gasteiger charge is 2.22. The summed E-state index contributed by atoms with van der Waals surface area (Å²) in [6, 6.07) is 5.89. The van der Waals surface area contributed by atoms with Crippen LogP contribution in [0.1, 0.15) is 30.0 Å². The fourth-order valence-corrected chi connectivity index (χ4v) is 2.61. The number of hydrogen-bond acceptors (Lipinski definition) is 5. The molecule has 25 heavy (non-hydrogen) atoms. The van der Waals surface area contributed by atoms with Crippen molar-refractivity contribution in [1.29, 1.82) is 5.26 Å². The summed E-state index contributed by atoms with van der Waals surface area (Å²) in [5.74, 6) is -0.817. The van der Waals surface area contributed by atoms with Crippen LogP contribution in [0.15, 0.2) is 22.8 Å². The van der Waals surface area contributed by atoms with Gasteiger partial charge in [-0.25, -0.2) is 0 Å². The van der Waals surface area contributed by atoms with E-state index >= 15 is 0 Å². The number of furan rings is 1. The lowest BCUT2D eigenvalue weighted by atomic mass is 10.0. The summed E-state index contributed by atoms with van der Waals surface area (Å²) in [7, 11) is 1.58. The molecular weight excluding hydrogens is 320 g/mol. The Morgan fingerprint density at radius 2 is 2.08 bits per heavy atom. The Morgan fingerprint density at radius 3 is 2.76 bits per heavy atom. The van der Waals surface area contributed by atoms with Crippen molar-refractivity contribution in [2.24, 2.45) is 0 Å². The SMILES string of the molecule is Cc1ccc2c(CC(=O)O[C@H](C)C(=O)N(C)CCC#N)coc2c1C. The second-order valence-corrected chi connectivity index (χ2v) is 6.12. The number of carbonyl (C=O) groups is 2. The van der Waals surface area contributed by atoms with Gasteiger partial charge in [0.05, 0.1) is 25.2 Å². The predicted molar refractivity (Wildman–Crippen MR) is 92.8 cm³/mol. The highest BCUT2D eigenvalue weighted by molar-refractivity contribution is 5.89. The molecule has 0 N–H and O–H groups in total. The minimum Gasteiger partial charge on any atom is -0.464 e. The number of ether oxygens (including phenoxy) is 1. The Hall–Kier alpha value is -2.81. The highest BCUT2D eigenvalue weighted by atomic mass is 16.5. The topological polar surface area (TPSA) is 83.5 Å². The van der Waals surface area contributed by atoms with Crippen molar-refractivity contribution in [1.82, 2.24) is 4.90 Å². The molecule has 0 aliphatic heterocycles. The van der Waals surface area contributed by atoms with Crippen LogP contribution in [-0.4, -0.2) is 36.5 Å². The number of amides is 1. The van der Waals surface area contributed by atoms with Crippen LogP contribution in [0.25, 0.3) is 11.0 Å². The maximum absolute atomic E-state index is 12.2. The molecule has 0 unspecified atom stereocenters. The lowest BCUT2D eigenvalue weighted by molar-refractivity contribution is -0.157. The monoisotopic (exact) mass is 342 g/mol. The van der Waals surface area contributed by atoms with E-state index in [1.807, 2.05) is 32.0 Å². The minimum absolute atomic E-state index is 0.0367. The third kappa shape index (κ3) is 4.18. The van der Waals surface area contributed by atoms with Crippen LogP contribution in [0.3, 0.4) is 0 Å². The Kier molecular flexibility index (Phi) is 5.81. The van der Waals surface area contributed by atoms with E-state index in [-0.39, 0.29) is 18.7 Å². The highest BCUT2D eigenvalue weighted by Crippen LogP contribution is 2.27. The number of nitriles is 1. The molecule has 0 saturated carbocycles. The van der Waals surface area contributed by atoms with E-state index in [0.29, 0.717) is 6.54 Å². The Labute approximate surface area is 147 Å². The maximum Gasteiger partial charge on any atom is 0.311 e. The molecule has 1 amide bonds. The van der Waals surface area contributed by atoms with E-state index in [1.165, 1.54) is 11.8 Å². The van der Waals surface area contributed by atoms with Gasteiger partial charge in [-0.3, -0.25) is 9.59 Å². The van der Waals surface area contributed by atoms with Crippen molar-refractivity contribution >= 4 is 22.8 Å². The average molecular weight is 342 g/mol. The van der Waals surface area contributed by atoms with Crippen molar-refractivity contribution in [3.8, 4) is 6.07 Å². The summed E-state index contributed by atoms with van der Waals surface area (Å²) in [5.41, 5.74) is 3.67. The lowest BCUT2D eigenvalue weighted by Crippen LogP contribution is -2.38. The van der Waals surface area contributed by atoms with Gasteiger partial charge >= 0.3 is 5.97 Å². The fourth-order valence-electron chi connectivity index (χ4n) is 2.61. The van der Waals surface area contributed by atoms with E-state index < -0.39 is 12.1 Å². The fraction of sp³-hybridized carbons (Fsp3) is 0.421. The van der Waals surface area contributed by atoms with Crippen LogP contribution in [-0.2, 0) is 20.7 Å². The number of rotatable bonds is 6. The van der Waals surface area contributed by atoms with Gasteiger partial charge in [0, 0.05) is 24.5 Å². The molecule has 0 saturated heterocycles. The summed E-state index contributed by atoms with van der Waals surface area (Å²) < 4.78 is 10.8. The van der Waals surface area contributed by atoms with E-state index in [4.69, 9.17) is 14.4 Å². The molecule has 132 valence electrons. The molecule has 0 spiro atoms. The molecule has 2 rings (SSSR count). The number of aryl methyl sites for hydroxylation is 2.